The molecule has 28 heavy (non-hydrogen) atoms. The van der Waals surface area contributed by atoms with Gasteiger partial charge in [0.25, 0.3) is 5.91 Å². The smallest absolute Gasteiger partial charge is 0.264 e. The van der Waals surface area contributed by atoms with Crippen LogP contribution in [0, 0.1) is 0 Å². The van der Waals surface area contributed by atoms with E-state index in [0.717, 1.165) is 12.8 Å². The average Bonchev–Trinajstić information content (AvgIpc) is 2.93. The Morgan fingerprint density at radius 2 is 1.89 bits per heavy atom. The van der Waals surface area contributed by atoms with Crippen molar-refractivity contribution < 1.29 is 24.2 Å². The molecule has 0 saturated heterocycles. The molecule has 2 aromatic rings. The molecule has 6 heteroatoms. The summed E-state index contributed by atoms with van der Waals surface area (Å²) in [5, 5.41) is 11.3. The summed E-state index contributed by atoms with van der Waals surface area (Å²) in [7, 11) is 0. The molecule has 0 aliphatic carbocycles. The molecular weight excluding hydrogens is 358 g/mol. The number of fused-ring (bicyclic) bond motifs is 2. The molecule has 6 nitrogen and oxygen atoms in total. The fourth-order valence-corrected chi connectivity index (χ4v) is 3.77. The van der Waals surface area contributed by atoms with Gasteiger partial charge in [-0.15, -0.1) is 0 Å². The first-order valence-electron chi connectivity index (χ1n) is 9.61. The quantitative estimate of drug-likeness (QED) is 0.779. The van der Waals surface area contributed by atoms with E-state index >= 15 is 0 Å². The van der Waals surface area contributed by atoms with Crippen LogP contribution in [0.15, 0.2) is 42.5 Å². The molecule has 2 heterocycles. The number of unbranched alkanes of at least 4 members (excludes halogenated alkanes) is 1. The maximum atomic E-state index is 13.1. The summed E-state index contributed by atoms with van der Waals surface area (Å²) < 4.78 is 11.0. The molecular formula is C22H23NO5. The summed E-state index contributed by atoms with van der Waals surface area (Å²) in [6.45, 7) is 3.46. The van der Waals surface area contributed by atoms with Crippen LogP contribution in [0.4, 0.5) is 5.69 Å². The van der Waals surface area contributed by atoms with E-state index in [1.165, 1.54) is 0 Å². The van der Waals surface area contributed by atoms with Crippen molar-refractivity contribution in [2.75, 3.05) is 24.7 Å². The van der Waals surface area contributed by atoms with Crippen LogP contribution in [0.5, 0.6) is 11.5 Å². The largest absolute Gasteiger partial charge is 0.486 e. The van der Waals surface area contributed by atoms with Gasteiger partial charge >= 0.3 is 0 Å². The first kappa shape index (κ1) is 18.5. The molecule has 2 aromatic carbocycles. The molecule has 2 aliphatic rings. The van der Waals surface area contributed by atoms with Crippen LogP contribution < -0.4 is 14.4 Å². The standard InChI is InChI=1S/C22H23NO5/c1-2-3-10-23-17-7-5-4-6-16(17)22(26,21(23)25)14-18(24)15-8-9-19-20(13-15)28-12-11-27-19/h4-9,13,26H,2-3,10-12,14H2,1H3/t22-/m1/s1. The molecule has 0 unspecified atom stereocenters. The van der Waals surface area contributed by atoms with E-state index < -0.39 is 11.5 Å². The third-order valence-electron chi connectivity index (χ3n) is 5.26. The molecule has 1 atom stereocenters. The average molecular weight is 381 g/mol. The molecule has 1 amide bonds. The Balaban J connectivity index is 1.63. The number of Topliss-reactive ketones (excluding diaryl/α,β-unsaturated/α-hetero) is 1. The number of ether oxygens (including phenoxy) is 2. The number of benzene rings is 2. The van der Waals surface area contributed by atoms with Crippen molar-refractivity contribution in [2.24, 2.45) is 0 Å². The van der Waals surface area contributed by atoms with Crippen molar-refractivity contribution >= 4 is 17.4 Å². The van der Waals surface area contributed by atoms with Gasteiger partial charge in [-0.1, -0.05) is 31.5 Å². The predicted octanol–water partition coefficient (Wildman–Crippen LogP) is 3.07. The Labute approximate surface area is 163 Å². The van der Waals surface area contributed by atoms with Gasteiger partial charge in [0, 0.05) is 17.7 Å². The SMILES string of the molecule is CCCCN1C(=O)[C@@](O)(CC(=O)c2ccc3c(c2)OCCO3)c2ccccc21. The summed E-state index contributed by atoms with van der Waals surface area (Å²) in [5.74, 6) is 0.342. The van der Waals surface area contributed by atoms with Crippen LogP contribution in [-0.2, 0) is 10.4 Å². The Morgan fingerprint density at radius 3 is 2.68 bits per heavy atom. The topological polar surface area (TPSA) is 76.1 Å². The molecule has 4 rings (SSSR count). The summed E-state index contributed by atoms with van der Waals surface area (Å²) in [6, 6.07) is 12.1. The summed E-state index contributed by atoms with van der Waals surface area (Å²) in [6.07, 6.45) is 1.44. The third-order valence-corrected chi connectivity index (χ3v) is 5.26. The highest BCUT2D eigenvalue weighted by atomic mass is 16.6. The fraction of sp³-hybridized carbons (Fsp3) is 0.364. The van der Waals surface area contributed by atoms with Gasteiger partial charge in [-0.3, -0.25) is 9.59 Å². The van der Waals surface area contributed by atoms with Gasteiger partial charge < -0.3 is 19.5 Å². The summed E-state index contributed by atoms with van der Waals surface area (Å²) in [4.78, 5) is 27.6. The fourth-order valence-electron chi connectivity index (χ4n) is 3.77. The van der Waals surface area contributed by atoms with Crippen molar-refractivity contribution in [2.45, 2.75) is 31.8 Å². The first-order chi connectivity index (χ1) is 13.5. The van der Waals surface area contributed by atoms with Gasteiger partial charge in [-0.2, -0.15) is 0 Å². The van der Waals surface area contributed by atoms with Gasteiger partial charge in [0.2, 0.25) is 0 Å². The lowest BCUT2D eigenvalue weighted by atomic mass is 9.88. The second-order valence-corrected chi connectivity index (χ2v) is 7.15. The number of hydrogen-bond acceptors (Lipinski definition) is 5. The maximum absolute atomic E-state index is 13.1. The van der Waals surface area contributed by atoms with Crippen molar-refractivity contribution in [1.82, 2.24) is 0 Å². The van der Waals surface area contributed by atoms with Crippen LogP contribution in [-0.4, -0.2) is 36.6 Å². The van der Waals surface area contributed by atoms with Gasteiger partial charge in [-0.25, -0.2) is 0 Å². The number of anilines is 1. The molecule has 0 radical (unpaired) electrons. The Bertz CT molecular complexity index is 925. The zero-order chi connectivity index (χ0) is 19.7. The van der Waals surface area contributed by atoms with E-state index in [0.29, 0.717) is 48.1 Å². The third kappa shape index (κ3) is 3.03. The Hall–Kier alpha value is -2.86. The van der Waals surface area contributed by atoms with Crippen molar-refractivity contribution in [3.63, 3.8) is 0 Å². The van der Waals surface area contributed by atoms with E-state index in [-0.39, 0.29) is 12.2 Å². The van der Waals surface area contributed by atoms with E-state index in [4.69, 9.17) is 9.47 Å². The minimum absolute atomic E-state index is 0.314. The lowest BCUT2D eigenvalue weighted by Crippen LogP contribution is -2.42. The number of rotatable bonds is 6. The van der Waals surface area contributed by atoms with Crippen LogP contribution in [0.25, 0.3) is 0 Å². The maximum Gasteiger partial charge on any atom is 0.264 e. The van der Waals surface area contributed by atoms with Crippen LogP contribution in [0.2, 0.25) is 0 Å². The van der Waals surface area contributed by atoms with E-state index in [1.54, 1.807) is 35.2 Å². The number of carbonyl (C=O) groups is 2. The number of ketones is 1. The molecule has 1 N–H and O–H groups in total. The minimum Gasteiger partial charge on any atom is -0.486 e. The lowest BCUT2D eigenvalue weighted by molar-refractivity contribution is -0.135. The van der Waals surface area contributed by atoms with Gasteiger partial charge in [-0.05, 0) is 30.7 Å². The Morgan fingerprint density at radius 1 is 1.14 bits per heavy atom. The van der Waals surface area contributed by atoms with Gasteiger partial charge in [0.1, 0.15) is 13.2 Å². The molecule has 2 aliphatic heterocycles. The minimum atomic E-state index is -1.85. The zero-order valence-corrected chi connectivity index (χ0v) is 15.8. The number of nitrogens with zero attached hydrogens (tertiary/aromatic N) is 1. The van der Waals surface area contributed by atoms with E-state index in [1.807, 2.05) is 19.1 Å². The summed E-state index contributed by atoms with van der Waals surface area (Å²) in [5.41, 5.74) is -0.301. The van der Waals surface area contributed by atoms with Crippen molar-refractivity contribution in [3.05, 3.63) is 53.6 Å². The van der Waals surface area contributed by atoms with Crippen molar-refractivity contribution in [3.8, 4) is 11.5 Å². The molecule has 0 aromatic heterocycles. The van der Waals surface area contributed by atoms with Crippen LogP contribution in [0.1, 0.15) is 42.1 Å². The zero-order valence-electron chi connectivity index (χ0n) is 15.8. The van der Waals surface area contributed by atoms with Crippen LogP contribution in [0.3, 0.4) is 0 Å². The predicted molar refractivity (Wildman–Crippen MR) is 104 cm³/mol. The Kier molecular flexibility index (Phi) is 4.81. The first-order valence-corrected chi connectivity index (χ1v) is 9.61. The monoisotopic (exact) mass is 381 g/mol. The van der Waals surface area contributed by atoms with Crippen molar-refractivity contribution in [1.29, 1.82) is 0 Å². The van der Waals surface area contributed by atoms with E-state index in [9.17, 15) is 14.7 Å². The molecule has 0 bridgehead atoms. The second-order valence-electron chi connectivity index (χ2n) is 7.15. The number of hydrogen-bond donors (Lipinski definition) is 1. The highest BCUT2D eigenvalue weighted by molar-refractivity contribution is 6.10. The normalized spacial score (nSPS) is 20.2. The molecule has 0 spiro atoms. The number of para-hydroxylation sites is 1. The van der Waals surface area contributed by atoms with Crippen LogP contribution >= 0.6 is 0 Å². The molecule has 0 fully saturated rings. The highest BCUT2D eigenvalue weighted by Crippen LogP contribution is 2.43. The molecule has 0 saturated carbocycles. The van der Waals surface area contributed by atoms with Gasteiger partial charge in [0.05, 0.1) is 12.1 Å². The highest BCUT2D eigenvalue weighted by Gasteiger charge is 2.50. The van der Waals surface area contributed by atoms with Gasteiger partial charge in [0.15, 0.2) is 22.9 Å². The number of carbonyl (C=O) groups excluding carboxylic acids is 2. The number of amides is 1. The van der Waals surface area contributed by atoms with E-state index in [2.05, 4.69) is 0 Å². The summed E-state index contributed by atoms with van der Waals surface area (Å²) >= 11 is 0. The molecule has 146 valence electrons. The number of aliphatic hydroxyl groups is 1. The lowest BCUT2D eigenvalue weighted by Gasteiger charge is -2.23. The second kappa shape index (κ2) is 7.28.